The van der Waals surface area contributed by atoms with Crippen LogP contribution in [0, 0.1) is 18.3 Å². The lowest BCUT2D eigenvalue weighted by Crippen LogP contribution is -2.18. The molecule has 2 N–H and O–H groups in total. The first-order valence-corrected chi connectivity index (χ1v) is 4.39. The summed E-state index contributed by atoms with van der Waals surface area (Å²) in [4.78, 5) is 0. The minimum absolute atomic E-state index is 0.146. The van der Waals surface area contributed by atoms with E-state index in [1.807, 2.05) is 32.0 Å². The van der Waals surface area contributed by atoms with Crippen molar-refractivity contribution < 1.29 is 0 Å². The minimum atomic E-state index is 0.146. The summed E-state index contributed by atoms with van der Waals surface area (Å²) in [6, 6.07) is 8.08. The Labute approximate surface area is 79.0 Å². The van der Waals surface area contributed by atoms with E-state index in [-0.39, 0.29) is 6.04 Å². The first-order valence-electron chi connectivity index (χ1n) is 4.39. The van der Waals surface area contributed by atoms with Gasteiger partial charge in [-0.3, -0.25) is 0 Å². The van der Waals surface area contributed by atoms with Crippen molar-refractivity contribution >= 4 is 0 Å². The highest BCUT2D eigenvalue weighted by molar-refractivity contribution is 5.42. The van der Waals surface area contributed by atoms with E-state index in [1.165, 1.54) is 5.56 Å². The molecule has 0 fully saturated rings. The van der Waals surface area contributed by atoms with E-state index in [0.29, 0.717) is 0 Å². The fraction of sp³-hybridized carbons (Fsp3) is 0.364. The fourth-order valence-corrected chi connectivity index (χ4v) is 1.37. The summed E-state index contributed by atoms with van der Waals surface area (Å²) in [5.74, 6) is 0. The molecule has 0 radical (unpaired) electrons. The van der Waals surface area contributed by atoms with E-state index in [1.54, 1.807) is 0 Å². The molecule has 0 unspecified atom stereocenters. The van der Waals surface area contributed by atoms with Gasteiger partial charge in [0.05, 0.1) is 11.6 Å². The fourth-order valence-electron chi connectivity index (χ4n) is 1.37. The first kappa shape index (κ1) is 9.76. The monoisotopic (exact) mass is 174 g/mol. The first-order chi connectivity index (χ1) is 6.15. The molecular formula is C11H14N2. The van der Waals surface area contributed by atoms with Gasteiger partial charge in [-0.25, -0.2) is 0 Å². The third-order valence-corrected chi connectivity index (χ3v) is 2.11. The van der Waals surface area contributed by atoms with E-state index in [2.05, 4.69) is 6.07 Å². The Morgan fingerprint density at radius 3 is 2.77 bits per heavy atom. The van der Waals surface area contributed by atoms with Crippen molar-refractivity contribution in [3.63, 3.8) is 0 Å². The number of nitrogens with two attached hydrogens (primary N) is 1. The van der Waals surface area contributed by atoms with Gasteiger partial charge in [0.15, 0.2) is 0 Å². The predicted molar refractivity (Wildman–Crippen MR) is 53.2 cm³/mol. The Balaban J connectivity index is 3.03. The van der Waals surface area contributed by atoms with Crippen LogP contribution in [0.3, 0.4) is 0 Å². The Morgan fingerprint density at radius 2 is 2.23 bits per heavy atom. The molecule has 68 valence electrons. The molecule has 0 aliphatic heterocycles. The zero-order valence-corrected chi connectivity index (χ0v) is 8.04. The van der Waals surface area contributed by atoms with E-state index in [0.717, 1.165) is 17.5 Å². The molecule has 2 heteroatoms. The highest BCUT2D eigenvalue weighted by Crippen LogP contribution is 2.13. The smallest absolute Gasteiger partial charge is 0.0994 e. The third-order valence-electron chi connectivity index (χ3n) is 2.11. The van der Waals surface area contributed by atoms with Gasteiger partial charge >= 0.3 is 0 Å². The second-order valence-electron chi connectivity index (χ2n) is 3.38. The molecule has 1 aromatic rings. The van der Waals surface area contributed by atoms with Crippen LogP contribution in [0.2, 0.25) is 0 Å². The van der Waals surface area contributed by atoms with Gasteiger partial charge in [-0.1, -0.05) is 12.1 Å². The van der Waals surface area contributed by atoms with Crippen LogP contribution in [0.1, 0.15) is 23.6 Å². The lowest BCUT2D eigenvalue weighted by Gasteiger charge is -2.09. The van der Waals surface area contributed by atoms with Crippen molar-refractivity contribution in [2.45, 2.75) is 26.3 Å². The molecule has 1 atom stereocenters. The van der Waals surface area contributed by atoms with Crippen LogP contribution in [0.25, 0.3) is 0 Å². The largest absolute Gasteiger partial charge is 0.328 e. The van der Waals surface area contributed by atoms with Gasteiger partial charge in [0.1, 0.15) is 0 Å². The van der Waals surface area contributed by atoms with E-state index < -0.39 is 0 Å². The second-order valence-corrected chi connectivity index (χ2v) is 3.38. The zero-order chi connectivity index (χ0) is 9.84. The lowest BCUT2D eigenvalue weighted by atomic mass is 9.98. The Morgan fingerprint density at radius 1 is 1.54 bits per heavy atom. The predicted octanol–water partition coefficient (Wildman–Crippen LogP) is 1.76. The van der Waals surface area contributed by atoms with Gasteiger partial charge in [0.25, 0.3) is 0 Å². The molecule has 1 aromatic carbocycles. The zero-order valence-electron chi connectivity index (χ0n) is 8.04. The Hall–Kier alpha value is -1.33. The molecule has 0 spiro atoms. The molecule has 0 bridgehead atoms. The molecule has 0 amide bonds. The SMILES string of the molecule is Cc1c(C#N)cccc1C[C@H](C)N. The number of benzene rings is 1. The van der Waals surface area contributed by atoms with Crippen molar-refractivity contribution in [1.82, 2.24) is 0 Å². The maximum Gasteiger partial charge on any atom is 0.0994 e. The number of nitrogens with zero attached hydrogens (tertiary/aromatic N) is 1. The normalized spacial score (nSPS) is 12.2. The molecule has 0 saturated carbocycles. The van der Waals surface area contributed by atoms with Gasteiger partial charge in [-0.2, -0.15) is 5.26 Å². The van der Waals surface area contributed by atoms with Crippen LogP contribution in [0.4, 0.5) is 0 Å². The van der Waals surface area contributed by atoms with Crippen molar-refractivity contribution in [2.24, 2.45) is 5.73 Å². The highest BCUT2D eigenvalue weighted by atomic mass is 14.6. The van der Waals surface area contributed by atoms with Crippen LogP contribution >= 0.6 is 0 Å². The minimum Gasteiger partial charge on any atom is -0.328 e. The van der Waals surface area contributed by atoms with Crippen LogP contribution in [-0.2, 0) is 6.42 Å². The summed E-state index contributed by atoms with van der Waals surface area (Å²) in [6.07, 6.45) is 0.835. The molecule has 0 aliphatic rings. The maximum atomic E-state index is 8.80. The van der Waals surface area contributed by atoms with Crippen molar-refractivity contribution in [1.29, 1.82) is 5.26 Å². The van der Waals surface area contributed by atoms with Gasteiger partial charge in [0, 0.05) is 6.04 Å². The van der Waals surface area contributed by atoms with E-state index in [9.17, 15) is 0 Å². The van der Waals surface area contributed by atoms with Crippen molar-refractivity contribution in [2.75, 3.05) is 0 Å². The highest BCUT2D eigenvalue weighted by Gasteiger charge is 2.04. The van der Waals surface area contributed by atoms with Gasteiger partial charge in [-0.05, 0) is 37.5 Å². The molecule has 13 heavy (non-hydrogen) atoms. The molecule has 1 rings (SSSR count). The van der Waals surface area contributed by atoms with Crippen LogP contribution < -0.4 is 5.73 Å². The Kier molecular flexibility index (Phi) is 3.05. The summed E-state index contributed by atoms with van der Waals surface area (Å²) in [5.41, 5.74) is 8.68. The van der Waals surface area contributed by atoms with E-state index >= 15 is 0 Å². The number of hydrogen-bond donors (Lipinski definition) is 1. The summed E-state index contributed by atoms with van der Waals surface area (Å²) in [5, 5.41) is 8.80. The Bertz CT molecular complexity index is 334. The van der Waals surface area contributed by atoms with Crippen LogP contribution in [0.15, 0.2) is 18.2 Å². The summed E-state index contributed by atoms with van der Waals surface area (Å²) < 4.78 is 0. The molecule has 2 nitrogen and oxygen atoms in total. The topological polar surface area (TPSA) is 49.8 Å². The van der Waals surface area contributed by atoms with Gasteiger partial charge < -0.3 is 5.73 Å². The lowest BCUT2D eigenvalue weighted by molar-refractivity contribution is 0.734. The number of nitriles is 1. The molecule has 0 saturated heterocycles. The number of hydrogen-bond acceptors (Lipinski definition) is 2. The average molecular weight is 174 g/mol. The molecular weight excluding hydrogens is 160 g/mol. The van der Waals surface area contributed by atoms with E-state index in [4.69, 9.17) is 11.0 Å². The number of rotatable bonds is 2. The summed E-state index contributed by atoms with van der Waals surface area (Å²) in [6.45, 7) is 3.94. The summed E-state index contributed by atoms with van der Waals surface area (Å²) in [7, 11) is 0. The van der Waals surface area contributed by atoms with Crippen LogP contribution in [-0.4, -0.2) is 6.04 Å². The van der Waals surface area contributed by atoms with Gasteiger partial charge in [0.2, 0.25) is 0 Å². The maximum absolute atomic E-state index is 8.80. The van der Waals surface area contributed by atoms with Crippen molar-refractivity contribution in [3.05, 3.63) is 34.9 Å². The van der Waals surface area contributed by atoms with Crippen molar-refractivity contribution in [3.8, 4) is 6.07 Å². The molecule has 0 aliphatic carbocycles. The van der Waals surface area contributed by atoms with Crippen LogP contribution in [0.5, 0.6) is 0 Å². The average Bonchev–Trinajstić information content (AvgIpc) is 2.08. The molecule has 0 aromatic heterocycles. The van der Waals surface area contributed by atoms with Gasteiger partial charge in [-0.15, -0.1) is 0 Å². The standard InChI is InChI=1S/C11H14N2/c1-8(13)6-10-4-3-5-11(7-12)9(10)2/h3-5,8H,6,13H2,1-2H3/t8-/m0/s1. The second kappa shape index (κ2) is 4.06. The quantitative estimate of drug-likeness (QED) is 0.742. The summed E-state index contributed by atoms with van der Waals surface area (Å²) >= 11 is 0. The molecule has 0 heterocycles. The third kappa shape index (κ3) is 2.30.